The lowest BCUT2D eigenvalue weighted by Gasteiger charge is -2.06. The molecule has 2 N–H and O–H groups in total. The maximum atomic E-state index is 10.4. The monoisotopic (exact) mass is 141 g/mol. The van der Waals surface area contributed by atoms with Crippen LogP contribution in [0.4, 0.5) is 0 Å². The van der Waals surface area contributed by atoms with Gasteiger partial charge in [0.05, 0.1) is 0 Å². The molecular formula is C8H15NO. The van der Waals surface area contributed by atoms with Crippen molar-refractivity contribution in [2.45, 2.75) is 26.7 Å². The van der Waals surface area contributed by atoms with Crippen LogP contribution in [0.1, 0.15) is 26.7 Å². The van der Waals surface area contributed by atoms with Crippen molar-refractivity contribution >= 4 is 5.91 Å². The van der Waals surface area contributed by atoms with Gasteiger partial charge in [0.25, 0.3) is 0 Å². The third-order valence-electron chi connectivity index (χ3n) is 1.25. The van der Waals surface area contributed by atoms with Gasteiger partial charge in [0, 0.05) is 6.42 Å². The Morgan fingerprint density at radius 2 is 2.10 bits per heavy atom. The first kappa shape index (κ1) is 9.21. The minimum atomic E-state index is -0.228. The average molecular weight is 141 g/mol. The van der Waals surface area contributed by atoms with Gasteiger partial charge in [-0.25, -0.2) is 0 Å². The molecule has 0 aliphatic heterocycles. The first-order valence-electron chi connectivity index (χ1n) is 3.45. The predicted octanol–water partition coefficient (Wildman–Crippen LogP) is 1.46. The van der Waals surface area contributed by atoms with E-state index in [-0.39, 0.29) is 5.91 Å². The van der Waals surface area contributed by atoms with Gasteiger partial charge >= 0.3 is 0 Å². The molecule has 0 aliphatic carbocycles. The zero-order valence-corrected chi connectivity index (χ0v) is 6.68. The molecule has 0 radical (unpaired) electrons. The Hall–Kier alpha value is -0.790. The fourth-order valence-electron chi connectivity index (χ4n) is 1.01. The predicted molar refractivity (Wildman–Crippen MR) is 42.4 cm³/mol. The molecule has 10 heavy (non-hydrogen) atoms. The van der Waals surface area contributed by atoms with E-state index in [2.05, 4.69) is 6.58 Å². The summed E-state index contributed by atoms with van der Waals surface area (Å²) in [6.07, 6.45) is 1.36. The van der Waals surface area contributed by atoms with Crippen LogP contribution in [0.2, 0.25) is 0 Å². The number of hydrogen-bond acceptors (Lipinski definition) is 1. The lowest BCUT2D eigenvalue weighted by atomic mass is 10.00. The van der Waals surface area contributed by atoms with E-state index in [9.17, 15) is 4.79 Å². The third kappa shape index (κ3) is 5.35. The highest BCUT2D eigenvalue weighted by Gasteiger charge is 2.04. The summed E-state index contributed by atoms with van der Waals surface area (Å²) in [6, 6.07) is 0. The fraction of sp³-hybridized carbons (Fsp3) is 0.625. The molecule has 0 aromatic heterocycles. The van der Waals surface area contributed by atoms with Crippen LogP contribution in [0.5, 0.6) is 0 Å². The van der Waals surface area contributed by atoms with Crippen molar-refractivity contribution < 1.29 is 4.79 Å². The van der Waals surface area contributed by atoms with E-state index in [1.807, 2.05) is 13.8 Å². The van der Waals surface area contributed by atoms with Crippen LogP contribution in [-0.2, 0) is 4.79 Å². The van der Waals surface area contributed by atoms with E-state index in [0.29, 0.717) is 12.3 Å². The molecule has 1 unspecified atom stereocenters. The van der Waals surface area contributed by atoms with Crippen LogP contribution in [0.15, 0.2) is 12.2 Å². The summed E-state index contributed by atoms with van der Waals surface area (Å²) in [4.78, 5) is 10.4. The SMILES string of the molecule is C=C(C)CC(C)CC(N)=O. The number of amides is 1. The van der Waals surface area contributed by atoms with Crippen LogP contribution < -0.4 is 5.73 Å². The average Bonchev–Trinajstić information content (AvgIpc) is 1.58. The summed E-state index contributed by atoms with van der Waals surface area (Å²) in [7, 11) is 0. The Bertz CT molecular complexity index is 124. The molecule has 0 fully saturated rings. The first-order chi connectivity index (χ1) is 4.52. The number of nitrogens with two attached hydrogens (primary N) is 1. The van der Waals surface area contributed by atoms with E-state index in [1.54, 1.807) is 0 Å². The van der Waals surface area contributed by atoms with Gasteiger partial charge in [-0.1, -0.05) is 12.5 Å². The number of carbonyl (C=O) groups excluding carboxylic acids is 1. The Balaban J connectivity index is 3.53. The third-order valence-corrected chi connectivity index (χ3v) is 1.25. The van der Waals surface area contributed by atoms with Crippen molar-refractivity contribution in [3.8, 4) is 0 Å². The van der Waals surface area contributed by atoms with E-state index in [4.69, 9.17) is 5.73 Å². The van der Waals surface area contributed by atoms with Crippen molar-refractivity contribution in [2.75, 3.05) is 0 Å². The quantitative estimate of drug-likeness (QED) is 0.592. The zero-order chi connectivity index (χ0) is 8.15. The summed E-state index contributed by atoms with van der Waals surface area (Å²) in [5.41, 5.74) is 6.11. The molecule has 1 amide bonds. The van der Waals surface area contributed by atoms with Gasteiger partial charge < -0.3 is 5.73 Å². The standard InChI is InChI=1S/C8H15NO/c1-6(2)4-7(3)5-8(9)10/h7H,1,4-5H2,2-3H3,(H2,9,10). The Morgan fingerprint density at radius 1 is 1.60 bits per heavy atom. The molecular weight excluding hydrogens is 126 g/mol. The molecule has 58 valence electrons. The number of rotatable bonds is 4. The lowest BCUT2D eigenvalue weighted by molar-refractivity contribution is -0.118. The van der Waals surface area contributed by atoms with E-state index < -0.39 is 0 Å². The van der Waals surface area contributed by atoms with Crippen molar-refractivity contribution in [1.29, 1.82) is 0 Å². The van der Waals surface area contributed by atoms with E-state index in [1.165, 1.54) is 0 Å². The largest absolute Gasteiger partial charge is 0.370 e. The summed E-state index contributed by atoms with van der Waals surface area (Å²) in [5, 5.41) is 0. The summed E-state index contributed by atoms with van der Waals surface area (Å²) in [6.45, 7) is 7.71. The van der Waals surface area contributed by atoms with Crippen LogP contribution in [0.25, 0.3) is 0 Å². The van der Waals surface area contributed by atoms with Crippen LogP contribution in [0.3, 0.4) is 0 Å². The molecule has 0 heterocycles. The van der Waals surface area contributed by atoms with Gasteiger partial charge in [0.1, 0.15) is 0 Å². The number of primary amides is 1. The molecule has 0 aliphatic rings. The van der Waals surface area contributed by atoms with E-state index >= 15 is 0 Å². The normalized spacial score (nSPS) is 12.6. The van der Waals surface area contributed by atoms with Gasteiger partial charge in [0.15, 0.2) is 0 Å². The van der Waals surface area contributed by atoms with Crippen molar-refractivity contribution in [3.63, 3.8) is 0 Å². The molecule has 0 rings (SSSR count). The highest BCUT2D eigenvalue weighted by Crippen LogP contribution is 2.11. The molecule has 1 atom stereocenters. The summed E-state index contributed by atoms with van der Waals surface area (Å²) >= 11 is 0. The second kappa shape index (κ2) is 4.09. The minimum Gasteiger partial charge on any atom is -0.370 e. The fourth-order valence-corrected chi connectivity index (χ4v) is 1.01. The maximum Gasteiger partial charge on any atom is 0.217 e. The minimum absolute atomic E-state index is 0.228. The topological polar surface area (TPSA) is 43.1 Å². The molecule has 0 saturated carbocycles. The van der Waals surface area contributed by atoms with Crippen molar-refractivity contribution in [1.82, 2.24) is 0 Å². The molecule has 0 aromatic carbocycles. The molecule has 2 nitrogen and oxygen atoms in total. The van der Waals surface area contributed by atoms with Gasteiger partial charge in [-0.15, -0.1) is 6.58 Å². The number of allylic oxidation sites excluding steroid dienone is 1. The van der Waals surface area contributed by atoms with Gasteiger partial charge in [-0.2, -0.15) is 0 Å². The molecule has 2 heteroatoms. The molecule has 0 saturated heterocycles. The van der Waals surface area contributed by atoms with Crippen LogP contribution in [-0.4, -0.2) is 5.91 Å². The number of hydrogen-bond donors (Lipinski definition) is 1. The first-order valence-corrected chi connectivity index (χ1v) is 3.45. The zero-order valence-electron chi connectivity index (χ0n) is 6.68. The molecule has 0 aromatic rings. The van der Waals surface area contributed by atoms with Gasteiger partial charge in [-0.3, -0.25) is 4.79 Å². The van der Waals surface area contributed by atoms with Crippen molar-refractivity contribution in [2.24, 2.45) is 11.7 Å². The van der Waals surface area contributed by atoms with Crippen LogP contribution in [0, 0.1) is 5.92 Å². The lowest BCUT2D eigenvalue weighted by Crippen LogP contribution is -2.14. The second-order valence-electron chi connectivity index (χ2n) is 2.94. The molecule has 0 bridgehead atoms. The Kier molecular flexibility index (Phi) is 3.77. The second-order valence-corrected chi connectivity index (χ2v) is 2.94. The van der Waals surface area contributed by atoms with Crippen molar-refractivity contribution in [3.05, 3.63) is 12.2 Å². The number of carbonyl (C=O) groups is 1. The van der Waals surface area contributed by atoms with E-state index in [0.717, 1.165) is 12.0 Å². The Labute approximate surface area is 62.1 Å². The highest BCUT2D eigenvalue weighted by molar-refractivity contribution is 5.73. The van der Waals surface area contributed by atoms with Gasteiger partial charge in [-0.05, 0) is 19.3 Å². The highest BCUT2D eigenvalue weighted by atomic mass is 16.1. The van der Waals surface area contributed by atoms with Gasteiger partial charge in [0.2, 0.25) is 5.91 Å². The molecule has 0 spiro atoms. The maximum absolute atomic E-state index is 10.4. The summed E-state index contributed by atoms with van der Waals surface area (Å²) < 4.78 is 0. The Morgan fingerprint density at radius 3 is 2.40 bits per heavy atom. The van der Waals surface area contributed by atoms with Crippen LogP contribution >= 0.6 is 0 Å². The summed E-state index contributed by atoms with van der Waals surface area (Å²) in [5.74, 6) is 0.115. The smallest absolute Gasteiger partial charge is 0.217 e.